The van der Waals surface area contributed by atoms with Gasteiger partial charge in [0.1, 0.15) is 5.70 Å². The molecular formula is C12H12N2O3. The molecule has 5 heteroatoms. The van der Waals surface area contributed by atoms with Gasteiger partial charge in [0.15, 0.2) is 5.76 Å². The van der Waals surface area contributed by atoms with Crippen molar-refractivity contribution in [2.75, 3.05) is 19.9 Å². The number of methoxy groups -OCH3 is 1. The Morgan fingerprint density at radius 1 is 1.24 bits per heavy atom. The standard InChI is InChI=1S/C12H12N2O3/c1-14-9-10(15)6-4-3-5-7(13)8(6)11(16)12(9)17-2/h3-5,14H,13H2,1-2H3. The molecule has 0 saturated heterocycles. The van der Waals surface area contributed by atoms with Crippen LogP contribution in [0.15, 0.2) is 29.7 Å². The minimum atomic E-state index is -0.371. The summed E-state index contributed by atoms with van der Waals surface area (Å²) >= 11 is 0. The van der Waals surface area contributed by atoms with Crippen molar-refractivity contribution in [3.05, 3.63) is 40.8 Å². The van der Waals surface area contributed by atoms with Crippen LogP contribution < -0.4 is 11.1 Å². The number of benzene rings is 1. The third kappa shape index (κ3) is 1.47. The van der Waals surface area contributed by atoms with E-state index < -0.39 is 0 Å². The molecule has 0 heterocycles. The maximum atomic E-state index is 12.1. The van der Waals surface area contributed by atoms with E-state index in [9.17, 15) is 9.59 Å². The van der Waals surface area contributed by atoms with Gasteiger partial charge in [0, 0.05) is 18.3 Å². The van der Waals surface area contributed by atoms with Gasteiger partial charge in [-0.05, 0) is 6.07 Å². The summed E-state index contributed by atoms with van der Waals surface area (Å²) in [6, 6.07) is 4.81. The summed E-state index contributed by atoms with van der Waals surface area (Å²) < 4.78 is 4.98. The number of ketones is 2. The van der Waals surface area contributed by atoms with Gasteiger partial charge in [-0.15, -0.1) is 0 Å². The van der Waals surface area contributed by atoms with Gasteiger partial charge in [-0.25, -0.2) is 0 Å². The molecule has 0 aliphatic heterocycles. The summed E-state index contributed by atoms with van der Waals surface area (Å²) in [6.07, 6.45) is 0. The zero-order valence-corrected chi connectivity index (χ0v) is 9.53. The number of allylic oxidation sites excluding steroid dienone is 2. The van der Waals surface area contributed by atoms with E-state index in [1.54, 1.807) is 25.2 Å². The fourth-order valence-electron chi connectivity index (χ4n) is 1.90. The maximum absolute atomic E-state index is 12.1. The first kappa shape index (κ1) is 11.2. The zero-order valence-electron chi connectivity index (χ0n) is 9.53. The summed E-state index contributed by atoms with van der Waals surface area (Å²) in [5.41, 5.74) is 6.69. The SMILES string of the molecule is CNC1=C(OC)C(=O)c2c(N)cccc2C1=O. The van der Waals surface area contributed by atoms with Crippen LogP contribution in [-0.4, -0.2) is 25.7 Å². The van der Waals surface area contributed by atoms with Crippen molar-refractivity contribution in [2.24, 2.45) is 0 Å². The summed E-state index contributed by atoms with van der Waals surface area (Å²) in [7, 11) is 2.92. The van der Waals surface area contributed by atoms with Crippen LogP contribution in [0.25, 0.3) is 0 Å². The third-order valence-electron chi connectivity index (χ3n) is 2.68. The normalized spacial score (nSPS) is 14.7. The van der Waals surface area contributed by atoms with Gasteiger partial charge in [-0.1, -0.05) is 12.1 Å². The van der Waals surface area contributed by atoms with Crippen molar-refractivity contribution < 1.29 is 14.3 Å². The molecule has 1 aromatic rings. The molecule has 3 N–H and O–H groups in total. The first-order valence-corrected chi connectivity index (χ1v) is 5.05. The summed E-state index contributed by atoms with van der Waals surface area (Å²) in [5, 5.41) is 2.69. The van der Waals surface area contributed by atoms with E-state index in [2.05, 4.69) is 5.32 Å². The Hall–Kier alpha value is -2.30. The number of anilines is 1. The topological polar surface area (TPSA) is 81.4 Å². The average Bonchev–Trinajstić information content (AvgIpc) is 2.33. The quantitative estimate of drug-likeness (QED) is 0.734. The molecule has 0 bridgehead atoms. The molecule has 1 aliphatic carbocycles. The second-order valence-electron chi connectivity index (χ2n) is 3.59. The highest BCUT2D eigenvalue weighted by molar-refractivity contribution is 6.27. The molecule has 2 rings (SSSR count). The van der Waals surface area contributed by atoms with E-state index in [1.165, 1.54) is 7.11 Å². The Morgan fingerprint density at radius 3 is 2.53 bits per heavy atom. The van der Waals surface area contributed by atoms with Crippen LogP contribution in [0.4, 0.5) is 5.69 Å². The van der Waals surface area contributed by atoms with Gasteiger partial charge in [0.25, 0.3) is 0 Å². The highest BCUT2D eigenvalue weighted by atomic mass is 16.5. The summed E-state index contributed by atoms with van der Waals surface area (Å²) in [5.74, 6) is -0.654. The Kier molecular flexibility index (Phi) is 2.59. The highest BCUT2D eigenvalue weighted by Gasteiger charge is 2.34. The van der Waals surface area contributed by atoms with Crippen LogP contribution in [-0.2, 0) is 4.74 Å². The molecule has 0 amide bonds. The minimum Gasteiger partial charge on any atom is -0.491 e. The number of nitrogens with two attached hydrogens (primary N) is 1. The number of hydrogen-bond donors (Lipinski definition) is 2. The van der Waals surface area contributed by atoms with Crippen LogP contribution in [0.2, 0.25) is 0 Å². The molecule has 0 spiro atoms. The van der Waals surface area contributed by atoms with Gasteiger partial charge < -0.3 is 15.8 Å². The minimum absolute atomic E-state index is 0.00269. The van der Waals surface area contributed by atoms with E-state index >= 15 is 0 Å². The van der Waals surface area contributed by atoms with Crippen molar-refractivity contribution in [1.82, 2.24) is 5.32 Å². The van der Waals surface area contributed by atoms with Crippen LogP contribution in [0, 0.1) is 0 Å². The molecular weight excluding hydrogens is 220 g/mol. The van der Waals surface area contributed by atoms with E-state index in [1.807, 2.05) is 0 Å². The van der Waals surface area contributed by atoms with E-state index in [-0.39, 0.29) is 34.3 Å². The number of likely N-dealkylation sites (N-methyl/N-ethyl adjacent to an activating group) is 1. The van der Waals surface area contributed by atoms with E-state index in [4.69, 9.17) is 10.5 Å². The molecule has 1 aromatic carbocycles. The number of carbonyl (C=O) groups is 2. The number of ether oxygens (including phenoxy) is 1. The molecule has 0 radical (unpaired) electrons. The fraction of sp³-hybridized carbons (Fsp3) is 0.167. The lowest BCUT2D eigenvalue weighted by Crippen LogP contribution is -2.30. The third-order valence-corrected chi connectivity index (χ3v) is 2.68. The number of hydrogen-bond acceptors (Lipinski definition) is 5. The van der Waals surface area contributed by atoms with Crippen LogP contribution in [0.1, 0.15) is 20.7 Å². The number of carbonyl (C=O) groups excluding carboxylic acids is 2. The molecule has 0 aromatic heterocycles. The Balaban J connectivity index is 2.73. The van der Waals surface area contributed by atoms with Gasteiger partial charge in [0.2, 0.25) is 11.6 Å². The molecule has 0 fully saturated rings. The first-order chi connectivity index (χ1) is 8.11. The van der Waals surface area contributed by atoms with E-state index in [0.717, 1.165) is 0 Å². The summed E-state index contributed by atoms with van der Waals surface area (Å²) in [4.78, 5) is 24.2. The number of rotatable bonds is 2. The number of fused-ring (bicyclic) bond motifs is 1. The van der Waals surface area contributed by atoms with Crippen molar-refractivity contribution in [3.63, 3.8) is 0 Å². The monoisotopic (exact) mass is 232 g/mol. The van der Waals surface area contributed by atoms with Gasteiger partial charge >= 0.3 is 0 Å². The Labute approximate surface area is 98.3 Å². The Bertz CT molecular complexity index is 547. The van der Waals surface area contributed by atoms with E-state index in [0.29, 0.717) is 5.56 Å². The first-order valence-electron chi connectivity index (χ1n) is 5.05. The molecule has 5 nitrogen and oxygen atoms in total. The molecule has 0 atom stereocenters. The van der Waals surface area contributed by atoms with Crippen LogP contribution in [0.3, 0.4) is 0 Å². The number of nitrogen functional groups attached to an aromatic ring is 1. The molecule has 0 unspecified atom stereocenters. The molecule has 0 saturated carbocycles. The molecule has 17 heavy (non-hydrogen) atoms. The molecule has 1 aliphatic rings. The van der Waals surface area contributed by atoms with Gasteiger partial charge in [-0.3, -0.25) is 9.59 Å². The average molecular weight is 232 g/mol. The number of Topliss-reactive ketones (excluding diaryl/α,β-unsaturated/α-hetero) is 2. The van der Waals surface area contributed by atoms with Crippen LogP contribution >= 0.6 is 0 Å². The van der Waals surface area contributed by atoms with Crippen LogP contribution in [0.5, 0.6) is 0 Å². The highest BCUT2D eigenvalue weighted by Crippen LogP contribution is 2.29. The predicted octanol–water partition coefficient (Wildman–Crippen LogP) is 0.725. The molecule has 88 valence electrons. The van der Waals surface area contributed by atoms with Crippen molar-refractivity contribution >= 4 is 17.3 Å². The lowest BCUT2D eigenvalue weighted by atomic mass is 9.90. The van der Waals surface area contributed by atoms with Gasteiger partial charge in [0.05, 0.1) is 12.7 Å². The fourth-order valence-corrected chi connectivity index (χ4v) is 1.90. The number of nitrogens with one attached hydrogen (secondary N) is 1. The zero-order chi connectivity index (χ0) is 12.6. The second kappa shape index (κ2) is 3.93. The lowest BCUT2D eigenvalue weighted by molar-refractivity contribution is 0.0901. The summed E-state index contributed by atoms with van der Waals surface area (Å²) in [6.45, 7) is 0. The van der Waals surface area contributed by atoms with Crippen molar-refractivity contribution in [1.29, 1.82) is 0 Å². The Morgan fingerprint density at radius 2 is 1.94 bits per heavy atom. The van der Waals surface area contributed by atoms with Gasteiger partial charge in [-0.2, -0.15) is 0 Å². The predicted molar refractivity (Wildman–Crippen MR) is 62.6 cm³/mol. The second-order valence-corrected chi connectivity index (χ2v) is 3.59. The van der Waals surface area contributed by atoms with Crippen molar-refractivity contribution in [2.45, 2.75) is 0 Å². The maximum Gasteiger partial charge on any atom is 0.232 e. The smallest absolute Gasteiger partial charge is 0.232 e. The largest absolute Gasteiger partial charge is 0.491 e. The lowest BCUT2D eigenvalue weighted by Gasteiger charge is -2.20. The van der Waals surface area contributed by atoms with Crippen molar-refractivity contribution in [3.8, 4) is 0 Å².